The fraction of sp³-hybridized carbons (Fsp3) is 0.593. The number of hydrogen-bond acceptors (Lipinski definition) is 3. The van der Waals surface area contributed by atoms with Crippen molar-refractivity contribution in [3.8, 4) is 11.4 Å². The Morgan fingerprint density at radius 3 is 2.29 bits per heavy atom. The molecule has 0 aliphatic heterocycles. The Labute approximate surface area is 214 Å². The van der Waals surface area contributed by atoms with Crippen LogP contribution in [0.4, 0.5) is 10.5 Å². The maximum Gasteiger partial charge on any atom is 0.319 e. The molecule has 0 fully saturated rings. The third kappa shape index (κ3) is 7.99. The molecule has 0 unspecified atom stereocenters. The van der Waals surface area contributed by atoms with E-state index in [0.29, 0.717) is 28.7 Å². The van der Waals surface area contributed by atoms with Gasteiger partial charge in [0.15, 0.2) is 11.5 Å². The van der Waals surface area contributed by atoms with E-state index in [4.69, 9.17) is 11.6 Å². The fourth-order valence-corrected chi connectivity index (χ4v) is 4.58. The standard InChI is InChI=1S/C27H41ClN6O/c1-5-6-7-8-9-10-11-12-13-14-18-29-26(35)30-21-17-15-16-20(19-21)24-31-25-22(28)23(27(2,3)4)32-34(25)33-24/h15-17,19H,5-14,18H2,1-4H3,(H,31,33)(H2,29,30,35). The van der Waals surface area contributed by atoms with Gasteiger partial charge in [0.2, 0.25) is 0 Å². The lowest BCUT2D eigenvalue weighted by Crippen LogP contribution is -2.29. The number of aromatic amines is 1. The summed E-state index contributed by atoms with van der Waals surface area (Å²) in [7, 11) is 0. The first-order chi connectivity index (χ1) is 16.8. The number of carbonyl (C=O) groups is 1. The smallest absolute Gasteiger partial charge is 0.319 e. The van der Waals surface area contributed by atoms with Crippen molar-refractivity contribution < 1.29 is 4.79 Å². The molecule has 35 heavy (non-hydrogen) atoms. The van der Waals surface area contributed by atoms with Crippen molar-refractivity contribution in [2.24, 2.45) is 0 Å². The van der Waals surface area contributed by atoms with Crippen LogP contribution in [0.15, 0.2) is 24.3 Å². The number of unbranched alkanes of at least 4 members (excludes halogenated alkanes) is 9. The minimum Gasteiger partial charge on any atom is -0.338 e. The van der Waals surface area contributed by atoms with Gasteiger partial charge in [0.1, 0.15) is 5.02 Å². The highest BCUT2D eigenvalue weighted by Crippen LogP contribution is 2.32. The van der Waals surface area contributed by atoms with Crippen molar-refractivity contribution in [1.29, 1.82) is 0 Å². The summed E-state index contributed by atoms with van der Waals surface area (Å²) in [5.74, 6) is 0.643. The maximum absolute atomic E-state index is 12.3. The number of aromatic nitrogens is 4. The Morgan fingerprint density at radius 1 is 1.00 bits per heavy atom. The lowest BCUT2D eigenvalue weighted by atomic mass is 9.92. The molecular formula is C27H41ClN6O. The number of rotatable bonds is 13. The van der Waals surface area contributed by atoms with Crippen LogP contribution >= 0.6 is 11.6 Å². The first-order valence-corrected chi connectivity index (χ1v) is 13.5. The van der Waals surface area contributed by atoms with E-state index in [1.165, 1.54) is 56.0 Å². The van der Waals surface area contributed by atoms with Crippen molar-refractivity contribution in [2.75, 3.05) is 11.9 Å². The van der Waals surface area contributed by atoms with E-state index in [0.717, 1.165) is 24.1 Å². The van der Waals surface area contributed by atoms with Gasteiger partial charge in [-0.25, -0.2) is 4.79 Å². The molecule has 0 aliphatic carbocycles. The zero-order valence-electron chi connectivity index (χ0n) is 21.7. The molecule has 0 saturated carbocycles. The molecule has 7 nitrogen and oxygen atoms in total. The molecule has 0 bridgehead atoms. The lowest BCUT2D eigenvalue weighted by Gasteiger charge is -2.14. The maximum atomic E-state index is 12.3. The number of benzene rings is 1. The second-order valence-corrected chi connectivity index (χ2v) is 10.7. The molecule has 0 saturated heterocycles. The summed E-state index contributed by atoms with van der Waals surface area (Å²) in [5, 5.41) is 15.5. The summed E-state index contributed by atoms with van der Waals surface area (Å²) in [6.07, 6.45) is 12.8. The van der Waals surface area contributed by atoms with Crippen LogP contribution in [0, 0.1) is 0 Å². The van der Waals surface area contributed by atoms with Gasteiger partial charge in [-0.3, -0.25) is 0 Å². The Kier molecular flexibility index (Phi) is 10.0. The Balaban J connectivity index is 1.42. The number of fused-ring (bicyclic) bond motifs is 1. The number of anilines is 1. The van der Waals surface area contributed by atoms with Gasteiger partial charge in [0, 0.05) is 23.2 Å². The Morgan fingerprint density at radius 2 is 1.66 bits per heavy atom. The molecule has 2 aromatic heterocycles. The van der Waals surface area contributed by atoms with Gasteiger partial charge in [0.25, 0.3) is 0 Å². The summed E-state index contributed by atoms with van der Waals surface area (Å²) >= 11 is 6.54. The van der Waals surface area contributed by atoms with Crippen LogP contribution in [0.1, 0.15) is 97.6 Å². The normalized spacial score (nSPS) is 11.8. The van der Waals surface area contributed by atoms with Crippen LogP contribution in [0.5, 0.6) is 0 Å². The molecule has 1 aromatic carbocycles. The zero-order chi connectivity index (χ0) is 25.3. The number of amides is 2. The van der Waals surface area contributed by atoms with Crippen LogP contribution in [-0.4, -0.2) is 32.4 Å². The molecule has 0 spiro atoms. The summed E-state index contributed by atoms with van der Waals surface area (Å²) in [6.45, 7) is 9.14. The van der Waals surface area contributed by atoms with Crippen LogP contribution in [0.3, 0.4) is 0 Å². The first kappa shape index (κ1) is 27.1. The Bertz CT molecular complexity index is 1080. The molecule has 0 atom stereocenters. The summed E-state index contributed by atoms with van der Waals surface area (Å²) < 4.78 is 1.54. The van der Waals surface area contributed by atoms with E-state index in [9.17, 15) is 4.79 Å². The van der Waals surface area contributed by atoms with Crippen molar-refractivity contribution in [3.63, 3.8) is 0 Å². The minimum absolute atomic E-state index is 0.170. The molecule has 2 heterocycles. The lowest BCUT2D eigenvalue weighted by molar-refractivity contribution is 0.252. The van der Waals surface area contributed by atoms with Gasteiger partial charge >= 0.3 is 6.03 Å². The molecule has 192 valence electrons. The third-order valence-electron chi connectivity index (χ3n) is 6.16. The van der Waals surface area contributed by atoms with Crippen molar-refractivity contribution >= 4 is 29.0 Å². The number of nitrogens with zero attached hydrogens (tertiary/aromatic N) is 3. The highest BCUT2D eigenvalue weighted by atomic mass is 35.5. The van der Waals surface area contributed by atoms with Crippen molar-refractivity contribution in [2.45, 2.75) is 97.3 Å². The van der Waals surface area contributed by atoms with Crippen molar-refractivity contribution in [1.82, 2.24) is 25.1 Å². The molecule has 3 N–H and O–H groups in total. The molecule has 0 aliphatic rings. The minimum atomic E-state index is -0.190. The number of carbonyl (C=O) groups excluding carboxylic acids is 1. The molecule has 0 radical (unpaired) electrons. The molecule has 8 heteroatoms. The third-order valence-corrected chi connectivity index (χ3v) is 6.52. The molecule has 3 rings (SSSR count). The highest BCUT2D eigenvalue weighted by molar-refractivity contribution is 6.34. The van der Waals surface area contributed by atoms with Crippen LogP contribution in [0.25, 0.3) is 17.0 Å². The van der Waals surface area contributed by atoms with Gasteiger partial charge in [-0.05, 0) is 18.6 Å². The predicted octanol–water partition coefficient (Wildman–Crippen LogP) is 7.72. The van der Waals surface area contributed by atoms with Crippen molar-refractivity contribution in [3.05, 3.63) is 35.0 Å². The monoisotopic (exact) mass is 500 g/mol. The van der Waals surface area contributed by atoms with E-state index >= 15 is 0 Å². The quantitative estimate of drug-likeness (QED) is 0.210. The van der Waals surface area contributed by atoms with E-state index in [1.807, 2.05) is 24.3 Å². The number of urea groups is 1. The highest BCUT2D eigenvalue weighted by Gasteiger charge is 2.25. The van der Waals surface area contributed by atoms with E-state index in [-0.39, 0.29) is 11.4 Å². The van der Waals surface area contributed by atoms with E-state index in [1.54, 1.807) is 0 Å². The number of H-pyrrole nitrogens is 1. The number of hydrogen-bond donors (Lipinski definition) is 3. The van der Waals surface area contributed by atoms with Gasteiger partial charge < -0.3 is 15.6 Å². The summed E-state index contributed by atoms with van der Waals surface area (Å²) in [4.78, 5) is 15.6. The van der Waals surface area contributed by atoms with Gasteiger partial charge in [-0.1, -0.05) is 109 Å². The van der Waals surface area contributed by atoms with Gasteiger partial charge in [-0.15, -0.1) is 9.73 Å². The second kappa shape index (κ2) is 13.0. The summed E-state index contributed by atoms with van der Waals surface area (Å²) in [6, 6.07) is 7.38. The molecule has 3 aromatic rings. The number of halogens is 1. The second-order valence-electron chi connectivity index (χ2n) is 10.4. The average molecular weight is 501 g/mol. The molecular weight excluding hydrogens is 460 g/mol. The number of nitrogens with one attached hydrogen (secondary N) is 3. The van der Waals surface area contributed by atoms with E-state index < -0.39 is 0 Å². The Hall–Kier alpha value is -2.54. The first-order valence-electron chi connectivity index (χ1n) is 13.1. The SMILES string of the molecule is CCCCCCCCCCCCNC(=O)Nc1cccc(-c2nn3nc(C(C)(C)C)c(Cl)c3[nH]2)c1. The van der Waals surface area contributed by atoms with Crippen LogP contribution < -0.4 is 10.6 Å². The van der Waals surface area contributed by atoms with Gasteiger partial charge in [-0.2, -0.15) is 5.10 Å². The largest absolute Gasteiger partial charge is 0.338 e. The van der Waals surface area contributed by atoms with Crippen LogP contribution in [0.2, 0.25) is 5.02 Å². The predicted molar refractivity (Wildman–Crippen MR) is 145 cm³/mol. The average Bonchev–Trinajstić information content (AvgIpc) is 3.37. The fourth-order valence-electron chi connectivity index (χ4n) is 4.14. The topological polar surface area (TPSA) is 87.1 Å². The summed E-state index contributed by atoms with van der Waals surface area (Å²) in [5.41, 5.74) is 2.85. The molecule has 2 amide bonds. The zero-order valence-corrected chi connectivity index (χ0v) is 22.5. The van der Waals surface area contributed by atoms with Crippen LogP contribution in [-0.2, 0) is 5.41 Å². The van der Waals surface area contributed by atoms with Gasteiger partial charge in [0.05, 0.1) is 5.69 Å². The van der Waals surface area contributed by atoms with E-state index in [2.05, 4.69) is 53.5 Å².